The van der Waals surface area contributed by atoms with Gasteiger partial charge in [-0.2, -0.15) is 0 Å². The quantitative estimate of drug-likeness (QED) is 0.413. The summed E-state index contributed by atoms with van der Waals surface area (Å²) < 4.78 is 33.3. The van der Waals surface area contributed by atoms with Gasteiger partial charge in [-0.25, -0.2) is 13.2 Å². The van der Waals surface area contributed by atoms with Crippen LogP contribution in [0.3, 0.4) is 0 Å². The highest BCUT2D eigenvalue weighted by atomic mass is 35.5. The number of aryl methyl sites for hydroxylation is 3. The molecule has 0 unspecified atom stereocenters. The van der Waals surface area contributed by atoms with Gasteiger partial charge in [0, 0.05) is 10.7 Å². The molecule has 0 radical (unpaired) electrons. The predicted molar refractivity (Wildman–Crippen MR) is 138 cm³/mol. The number of anilines is 2. The van der Waals surface area contributed by atoms with E-state index in [1.165, 1.54) is 24.3 Å². The Labute approximate surface area is 210 Å². The van der Waals surface area contributed by atoms with Crippen molar-refractivity contribution in [2.75, 3.05) is 22.8 Å². The summed E-state index contributed by atoms with van der Waals surface area (Å²) in [6.45, 7) is 6.80. The molecular formula is C26H27ClN2O5S. The highest BCUT2D eigenvalue weighted by molar-refractivity contribution is 7.92. The third kappa shape index (κ3) is 6.21. The van der Waals surface area contributed by atoms with Crippen molar-refractivity contribution in [1.29, 1.82) is 0 Å². The molecule has 0 spiro atoms. The van der Waals surface area contributed by atoms with Gasteiger partial charge in [0.2, 0.25) is 5.91 Å². The Balaban J connectivity index is 1.98. The van der Waals surface area contributed by atoms with Gasteiger partial charge in [0.1, 0.15) is 6.54 Å². The van der Waals surface area contributed by atoms with E-state index in [0.29, 0.717) is 27.5 Å². The van der Waals surface area contributed by atoms with Crippen LogP contribution in [0.4, 0.5) is 11.4 Å². The highest BCUT2D eigenvalue weighted by Crippen LogP contribution is 2.30. The van der Waals surface area contributed by atoms with Crippen molar-refractivity contribution in [3.63, 3.8) is 0 Å². The highest BCUT2D eigenvalue weighted by Gasteiger charge is 2.29. The Morgan fingerprint density at radius 2 is 1.60 bits per heavy atom. The number of halogens is 1. The molecule has 0 aliphatic carbocycles. The molecule has 0 saturated heterocycles. The largest absolute Gasteiger partial charge is 0.462 e. The van der Waals surface area contributed by atoms with E-state index in [4.69, 9.17) is 16.3 Å². The molecule has 0 bridgehead atoms. The van der Waals surface area contributed by atoms with Crippen molar-refractivity contribution in [3.05, 3.63) is 87.9 Å². The molecule has 184 valence electrons. The molecule has 9 heteroatoms. The van der Waals surface area contributed by atoms with Gasteiger partial charge in [-0.3, -0.25) is 9.10 Å². The van der Waals surface area contributed by atoms with E-state index in [0.717, 1.165) is 9.87 Å². The minimum atomic E-state index is -4.10. The molecule has 0 saturated carbocycles. The van der Waals surface area contributed by atoms with Crippen molar-refractivity contribution >= 4 is 44.9 Å². The zero-order valence-corrected chi connectivity index (χ0v) is 21.5. The molecule has 0 aliphatic heterocycles. The van der Waals surface area contributed by atoms with Crippen LogP contribution in [-0.4, -0.2) is 33.4 Å². The van der Waals surface area contributed by atoms with Crippen molar-refractivity contribution in [1.82, 2.24) is 0 Å². The van der Waals surface area contributed by atoms with E-state index in [-0.39, 0.29) is 17.1 Å². The van der Waals surface area contributed by atoms with Crippen LogP contribution in [0.5, 0.6) is 0 Å². The Bertz CT molecular complexity index is 1350. The summed E-state index contributed by atoms with van der Waals surface area (Å²) >= 11 is 6.17. The minimum absolute atomic E-state index is 0.0516. The number of nitrogens with one attached hydrogen (secondary N) is 1. The number of carbonyl (C=O) groups excluding carboxylic acids is 2. The number of rotatable bonds is 8. The molecule has 7 nitrogen and oxygen atoms in total. The molecule has 35 heavy (non-hydrogen) atoms. The number of ether oxygens (including phenoxy) is 1. The maximum absolute atomic E-state index is 13.6. The fourth-order valence-corrected chi connectivity index (χ4v) is 5.05. The van der Waals surface area contributed by atoms with Crippen LogP contribution in [0.2, 0.25) is 5.02 Å². The lowest BCUT2D eigenvalue weighted by Gasteiger charge is -2.26. The smallest absolute Gasteiger partial charge is 0.338 e. The summed E-state index contributed by atoms with van der Waals surface area (Å²) in [6, 6.07) is 16.1. The fourth-order valence-electron chi connectivity index (χ4n) is 3.41. The molecule has 3 aromatic carbocycles. The summed E-state index contributed by atoms with van der Waals surface area (Å²) in [5.41, 5.74) is 3.21. The number of esters is 1. The van der Waals surface area contributed by atoms with E-state index in [2.05, 4.69) is 5.32 Å². The number of nitrogens with zero attached hydrogens (tertiary/aromatic N) is 1. The number of sulfonamides is 1. The molecule has 0 atom stereocenters. The zero-order chi connectivity index (χ0) is 25.8. The van der Waals surface area contributed by atoms with E-state index in [1.807, 2.05) is 6.92 Å². The van der Waals surface area contributed by atoms with Crippen molar-refractivity contribution in [2.24, 2.45) is 0 Å². The average Bonchev–Trinajstić information content (AvgIpc) is 2.81. The van der Waals surface area contributed by atoms with Gasteiger partial charge in [0.15, 0.2) is 0 Å². The van der Waals surface area contributed by atoms with Crippen LogP contribution in [0.25, 0.3) is 0 Å². The minimum Gasteiger partial charge on any atom is -0.462 e. The summed E-state index contributed by atoms with van der Waals surface area (Å²) in [6.07, 6.45) is 0. The summed E-state index contributed by atoms with van der Waals surface area (Å²) in [7, 11) is -4.10. The van der Waals surface area contributed by atoms with Crippen LogP contribution < -0.4 is 9.62 Å². The first-order valence-electron chi connectivity index (χ1n) is 11.0. The third-order valence-electron chi connectivity index (χ3n) is 5.36. The number of hydrogen-bond acceptors (Lipinski definition) is 5. The second-order valence-corrected chi connectivity index (χ2v) is 10.4. The van der Waals surface area contributed by atoms with Crippen molar-refractivity contribution in [3.8, 4) is 0 Å². The molecule has 1 N–H and O–H groups in total. The topological polar surface area (TPSA) is 92.8 Å². The number of hydrogen-bond donors (Lipinski definition) is 1. The second kappa shape index (κ2) is 10.9. The van der Waals surface area contributed by atoms with Crippen LogP contribution in [0, 0.1) is 20.8 Å². The molecule has 0 fully saturated rings. The van der Waals surface area contributed by atoms with Gasteiger partial charge in [0.05, 0.1) is 22.8 Å². The Kier molecular flexibility index (Phi) is 8.19. The maximum atomic E-state index is 13.6. The van der Waals surface area contributed by atoms with Gasteiger partial charge in [-0.15, -0.1) is 0 Å². The predicted octanol–water partition coefficient (Wildman–Crippen LogP) is 5.28. The number of carbonyl (C=O) groups is 2. The zero-order valence-electron chi connectivity index (χ0n) is 20.0. The van der Waals surface area contributed by atoms with Gasteiger partial charge < -0.3 is 10.1 Å². The van der Waals surface area contributed by atoms with E-state index in [1.54, 1.807) is 57.2 Å². The summed E-state index contributed by atoms with van der Waals surface area (Å²) in [5.74, 6) is -1.09. The number of benzene rings is 3. The molecule has 3 rings (SSSR count). The Morgan fingerprint density at radius 3 is 2.26 bits per heavy atom. The fraction of sp³-hybridized carbons (Fsp3) is 0.231. The SMILES string of the molecule is CCOC(=O)c1ccc(C)c(NC(=O)CN(c2cc(Cl)ccc2C)S(=O)(=O)c2ccc(C)cc2)c1. The third-order valence-corrected chi connectivity index (χ3v) is 7.37. The second-order valence-electron chi connectivity index (χ2n) is 8.05. The summed E-state index contributed by atoms with van der Waals surface area (Å²) in [5, 5.41) is 3.07. The molecular weight excluding hydrogens is 488 g/mol. The summed E-state index contributed by atoms with van der Waals surface area (Å²) in [4.78, 5) is 25.3. The van der Waals surface area contributed by atoms with Crippen molar-refractivity contribution in [2.45, 2.75) is 32.6 Å². The van der Waals surface area contributed by atoms with E-state index >= 15 is 0 Å². The standard InChI is InChI=1S/C26H27ClN2O5S/c1-5-34-26(31)20-10-8-18(3)23(14-20)28-25(30)16-29(24-15-21(27)11-9-19(24)4)35(32,33)22-12-6-17(2)7-13-22/h6-15H,5,16H2,1-4H3,(H,28,30). The molecule has 1 amide bonds. The van der Waals surface area contributed by atoms with Gasteiger partial charge in [-0.05, 0) is 75.2 Å². The Morgan fingerprint density at radius 1 is 0.943 bits per heavy atom. The molecule has 0 aromatic heterocycles. The molecule has 3 aromatic rings. The van der Waals surface area contributed by atoms with Gasteiger partial charge in [-0.1, -0.05) is 41.4 Å². The first kappa shape index (κ1) is 26.2. The lowest BCUT2D eigenvalue weighted by atomic mass is 10.1. The molecule has 0 heterocycles. The van der Waals surface area contributed by atoms with Gasteiger partial charge in [0.25, 0.3) is 10.0 Å². The van der Waals surface area contributed by atoms with Crippen LogP contribution in [0.1, 0.15) is 34.0 Å². The van der Waals surface area contributed by atoms with E-state index in [9.17, 15) is 18.0 Å². The first-order chi connectivity index (χ1) is 16.5. The average molecular weight is 515 g/mol. The monoisotopic (exact) mass is 514 g/mol. The first-order valence-corrected chi connectivity index (χ1v) is 12.8. The van der Waals surface area contributed by atoms with Crippen LogP contribution >= 0.6 is 11.6 Å². The van der Waals surface area contributed by atoms with Gasteiger partial charge >= 0.3 is 5.97 Å². The lowest BCUT2D eigenvalue weighted by molar-refractivity contribution is -0.114. The maximum Gasteiger partial charge on any atom is 0.338 e. The van der Waals surface area contributed by atoms with Crippen LogP contribution in [-0.2, 0) is 19.6 Å². The van der Waals surface area contributed by atoms with Crippen LogP contribution in [0.15, 0.2) is 65.6 Å². The normalized spacial score (nSPS) is 11.1. The van der Waals surface area contributed by atoms with Crippen molar-refractivity contribution < 1.29 is 22.7 Å². The Hall–Kier alpha value is -3.36. The van der Waals surface area contributed by atoms with E-state index < -0.39 is 28.4 Å². The number of amides is 1. The lowest BCUT2D eigenvalue weighted by Crippen LogP contribution is -2.38. The molecule has 0 aliphatic rings.